The number of aryl methyl sites for hydroxylation is 1. The van der Waals surface area contributed by atoms with E-state index in [4.69, 9.17) is 9.15 Å². The van der Waals surface area contributed by atoms with Gasteiger partial charge in [0.05, 0.1) is 11.6 Å². The molecule has 146 valence electrons. The summed E-state index contributed by atoms with van der Waals surface area (Å²) in [5.74, 6) is -1.73. The number of nitrogens with one attached hydrogen (secondary N) is 1. The lowest BCUT2D eigenvalue weighted by molar-refractivity contribution is -0.149. The van der Waals surface area contributed by atoms with Gasteiger partial charge >= 0.3 is 11.7 Å². The largest absolute Gasteiger partial charge is 0.454 e. The zero-order chi connectivity index (χ0) is 20.1. The summed E-state index contributed by atoms with van der Waals surface area (Å²) in [5.41, 5.74) is 3.02. The van der Waals surface area contributed by atoms with Gasteiger partial charge in [-0.05, 0) is 31.0 Å². The molecular formula is C21H22N2O5. The highest BCUT2D eigenvalue weighted by Crippen LogP contribution is 2.17. The van der Waals surface area contributed by atoms with Crippen molar-refractivity contribution in [1.82, 2.24) is 9.88 Å². The smallest absolute Gasteiger partial charge is 0.420 e. The number of hydrogen-bond acceptors (Lipinski definition) is 5. The highest BCUT2D eigenvalue weighted by atomic mass is 16.5. The number of benzene rings is 2. The van der Waals surface area contributed by atoms with Crippen LogP contribution in [0.1, 0.15) is 30.5 Å². The Morgan fingerprint density at radius 2 is 1.86 bits per heavy atom. The summed E-state index contributed by atoms with van der Waals surface area (Å²) in [4.78, 5) is 36.1. The molecule has 0 bridgehead atoms. The summed E-state index contributed by atoms with van der Waals surface area (Å²) < 4.78 is 11.3. The molecule has 1 amide bonds. The zero-order valence-electron chi connectivity index (χ0n) is 15.8. The van der Waals surface area contributed by atoms with Crippen LogP contribution < -0.4 is 11.1 Å². The van der Waals surface area contributed by atoms with Crippen molar-refractivity contribution in [2.45, 2.75) is 32.9 Å². The van der Waals surface area contributed by atoms with E-state index in [1.54, 1.807) is 24.3 Å². The molecule has 1 aromatic heterocycles. The number of aromatic nitrogens is 1. The Morgan fingerprint density at radius 3 is 2.57 bits per heavy atom. The number of fused-ring (bicyclic) bond motifs is 1. The second-order valence-corrected chi connectivity index (χ2v) is 6.52. The van der Waals surface area contributed by atoms with Crippen LogP contribution >= 0.6 is 0 Å². The fourth-order valence-corrected chi connectivity index (χ4v) is 2.94. The minimum absolute atomic E-state index is 0.160. The quantitative estimate of drug-likeness (QED) is 0.635. The van der Waals surface area contributed by atoms with Gasteiger partial charge < -0.3 is 14.5 Å². The molecule has 0 saturated carbocycles. The molecule has 0 saturated heterocycles. The molecule has 0 aliphatic heterocycles. The van der Waals surface area contributed by atoms with Crippen molar-refractivity contribution < 1.29 is 18.7 Å². The summed E-state index contributed by atoms with van der Waals surface area (Å²) in [6, 6.07) is 14.5. The van der Waals surface area contributed by atoms with E-state index in [1.807, 2.05) is 38.1 Å². The first-order valence-corrected chi connectivity index (χ1v) is 9.08. The molecule has 0 radical (unpaired) electrons. The number of esters is 1. The van der Waals surface area contributed by atoms with Crippen LogP contribution in [0.3, 0.4) is 0 Å². The van der Waals surface area contributed by atoms with Crippen LogP contribution in [0, 0.1) is 6.92 Å². The van der Waals surface area contributed by atoms with Crippen LogP contribution in [0.2, 0.25) is 0 Å². The molecule has 0 aliphatic carbocycles. The van der Waals surface area contributed by atoms with Crippen molar-refractivity contribution in [3.05, 3.63) is 70.2 Å². The Bertz CT molecular complexity index is 1030. The summed E-state index contributed by atoms with van der Waals surface area (Å²) >= 11 is 0. The van der Waals surface area contributed by atoms with Gasteiger partial charge in [-0.25, -0.2) is 4.79 Å². The van der Waals surface area contributed by atoms with Gasteiger partial charge in [-0.3, -0.25) is 14.2 Å². The molecule has 0 aliphatic rings. The Morgan fingerprint density at radius 1 is 1.14 bits per heavy atom. The van der Waals surface area contributed by atoms with Gasteiger partial charge in [-0.2, -0.15) is 0 Å². The minimum Gasteiger partial charge on any atom is -0.454 e. The highest BCUT2D eigenvalue weighted by Gasteiger charge is 2.16. The summed E-state index contributed by atoms with van der Waals surface area (Å²) in [5, 5.41) is 2.85. The van der Waals surface area contributed by atoms with Crippen molar-refractivity contribution in [1.29, 1.82) is 0 Å². The number of rotatable bonds is 7. The predicted octanol–water partition coefficient (Wildman–Crippen LogP) is 2.71. The van der Waals surface area contributed by atoms with Gasteiger partial charge in [0.15, 0.2) is 12.2 Å². The third kappa shape index (κ3) is 4.49. The van der Waals surface area contributed by atoms with E-state index in [0.29, 0.717) is 17.5 Å². The first kappa shape index (κ1) is 19.4. The van der Waals surface area contributed by atoms with Crippen LogP contribution in [0.4, 0.5) is 0 Å². The van der Waals surface area contributed by atoms with Gasteiger partial charge in [0, 0.05) is 0 Å². The number of hydrogen-bond donors (Lipinski definition) is 1. The van der Waals surface area contributed by atoms with Crippen molar-refractivity contribution in [2.24, 2.45) is 0 Å². The molecular weight excluding hydrogens is 360 g/mol. The number of nitrogens with zero attached hydrogens (tertiary/aromatic N) is 1. The molecule has 7 heteroatoms. The maximum Gasteiger partial charge on any atom is 0.420 e. The third-order valence-electron chi connectivity index (χ3n) is 4.45. The zero-order valence-corrected chi connectivity index (χ0v) is 15.8. The van der Waals surface area contributed by atoms with E-state index in [1.165, 1.54) is 4.57 Å². The van der Waals surface area contributed by atoms with Crippen molar-refractivity contribution >= 4 is 23.0 Å². The normalized spacial score (nSPS) is 11.9. The molecule has 0 spiro atoms. The lowest BCUT2D eigenvalue weighted by Gasteiger charge is -2.17. The summed E-state index contributed by atoms with van der Waals surface area (Å²) in [7, 11) is 0. The maximum atomic E-state index is 12.2. The van der Waals surface area contributed by atoms with Gasteiger partial charge in [0.1, 0.15) is 6.54 Å². The first-order valence-electron chi connectivity index (χ1n) is 9.08. The fraction of sp³-hybridized carbons (Fsp3) is 0.286. The third-order valence-corrected chi connectivity index (χ3v) is 4.45. The molecule has 2 aromatic carbocycles. The second kappa shape index (κ2) is 8.56. The number of carbonyl (C=O) groups excluding carboxylic acids is 2. The average Bonchev–Trinajstić information content (AvgIpc) is 3.00. The van der Waals surface area contributed by atoms with E-state index < -0.39 is 24.2 Å². The molecule has 28 heavy (non-hydrogen) atoms. The predicted molar refractivity (Wildman–Crippen MR) is 104 cm³/mol. The van der Waals surface area contributed by atoms with Crippen LogP contribution in [0.5, 0.6) is 0 Å². The maximum absolute atomic E-state index is 12.2. The van der Waals surface area contributed by atoms with E-state index >= 15 is 0 Å². The van der Waals surface area contributed by atoms with Crippen molar-refractivity contribution in [3.63, 3.8) is 0 Å². The molecule has 1 atom stereocenters. The van der Waals surface area contributed by atoms with Crippen LogP contribution in [0.25, 0.3) is 11.1 Å². The summed E-state index contributed by atoms with van der Waals surface area (Å²) in [6.45, 7) is 3.23. The number of amides is 1. The molecule has 0 fully saturated rings. The Labute approximate surface area is 161 Å². The first-order chi connectivity index (χ1) is 13.5. The lowest BCUT2D eigenvalue weighted by atomic mass is 10.0. The average molecular weight is 382 g/mol. The summed E-state index contributed by atoms with van der Waals surface area (Å²) in [6.07, 6.45) is 0.707. The Hall–Kier alpha value is -3.35. The van der Waals surface area contributed by atoms with Gasteiger partial charge in [0.2, 0.25) is 0 Å². The Kier molecular flexibility index (Phi) is 5.93. The van der Waals surface area contributed by atoms with Gasteiger partial charge in [-0.15, -0.1) is 0 Å². The number of oxazole rings is 1. The molecule has 7 nitrogen and oxygen atoms in total. The Balaban J connectivity index is 1.56. The molecule has 1 N–H and O–H groups in total. The van der Waals surface area contributed by atoms with Crippen molar-refractivity contribution in [2.75, 3.05) is 6.61 Å². The van der Waals surface area contributed by atoms with Crippen LogP contribution in [-0.4, -0.2) is 23.1 Å². The SMILES string of the molecule is CC[C@H](NC(=O)COC(=O)Cn1c(=O)oc2ccccc21)c1ccc(C)cc1. The van der Waals surface area contributed by atoms with Crippen molar-refractivity contribution in [3.8, 4) is 0 Å². The van der Waals surface area contributed by atoms with Crippen LogP contribution in [0.15, 0.2) is 57.7 Å². The monoisotopic (exact) mass is 382 g/mol. The standard InChI is InChI=1S/C21H22N2O5/c1-3-16(15-10-8-14(2)9-11-15)22-19(24)13-27-20(25)12-23-17-6-4-5-7-18(17)28-21(23)26/h4-11,16H,3,12-13H2,1-2H3,(H,22,24)/t16-/m0/s1. The molecule has 1 heterocycles. The van der Waals surface area contributed by atoms with Crippen LogP contribution in [-0.2, 0) is 20.9 Å². The lowest BCUT2D eigenvalue weighted by Crippen LogP contribution is -2.33. The number of carbonyl (C=O) groups is 2. The highest BCUT2D eigenvalue weighted by molar-refractivity contribution is 5.81. The van der Waals surface area contributed by atoms with Gasteiger partial charge in [0.25, 0.3) is 5.91 Å². The molecule has 3 rings (SSSR count). The fourth-order valence-electron chi connectivity index (χ4n) is 2.94. The van der Waals surface area contributed by atoms with Gasteiger partial charge in [-0.1, -0.05) is 48.9 Å². The van der Waals surface area contributed by atoms with E-state index in [9.17, 15) is 14.4 Å². The minimum atomic E-state index is -0.688. The number of para-hydroxylation sites is 2. The van der Waals surface area contributed by atoms with E-state index in [2.05, 4.69) is 5.32 Å². The van der Waals surface area contributed by atoms with E-state index in [0.717, 1.165) is 11.1 Å². The van der Waals surface area contributed by atoms with E-state index in [-0.39, 0.29) is 12.6 Å². The molecule has 0 unspecified atom stereocenters. The second-order valence-electron chi connectivity index (χ2n) is 6.52. The number of ether oxygens (including phenoxy) is 1. The topological polar surface area (TPSA) is 90.5 Å². The molecule has 3 aromatic rings.